The van der Waals surface area contributed by atoms with Gasteiger partial charge in [0.25, 0.3) is 0 Å². The van der Waals surface area contributed by atoms with Gasteiger partial charge in [0.15, 0.2) is 0 Å². The summed E-state index contributed by atoms with van der Waals surface area (Å²) in [5.41, 5.74) is -6.05. The lowest BCUT2D eigenvalue weighted by Gasteiger charge is -2.31. The van der Waals surface area contributed by atoms with Crippen molar-refractivity contribution in [1.29, 1.82) is 0 Å². The highest BCUT2D eigenvalue weighted by atomic mass is 32.2. The zero-order chi connectivity index (χ0) is 22.0. The number of thioether (sulfide) groups is 1. The first kappa shape index (κ1) is 22.8. The number of rotatable bonds is 6. The molecule has 29 heavy (non-hydrogen) atoms. The average Bonchev–Trinajstić information content (AvgIpc) is 2.61. The summed E-state index contributed by atoms with van der Waals surface area (Å²) in [5, 5.41) is 12.0. The second-order valence-electron chi connectivity index (χ2n) is 5.88. The molecule has 1 aliphatic heterocycles. The van der Waals surface area contributed by atoms with E-state index in [9.17, 15) is 41.3 Å². The number of halogens is 6. The van der Waals surface area contributed by atoms with Crippen LogP contribution in [0.2, 0.25) is 0 Å². The molecule has 0 saturated carbocycles. The third-order valence-corrected chi connectivity index (χ3v) is 5.00. The second kappa shape index (κ2) is 8.13. The van der Waals surface area contributed by atoms with Crippen molar-refractivity contribution in [2.24, 2.45) is 4.99 Å². The number of allylic oxidation sites excluding steroid dienone is 1. The normalized spacial score (nSPS) is 22.3. The molecule has 2 unspecified atom stereocenters. The number of nitro groups is 1. The number of dihydropyridines is 1. The lowest BCUT2D eigenvalue weighted by atomic mass is 9.81. The molecule has 1 aromatic rings. The highest BCUT2D eigenvalue weighted by Crippen LogP contribution is 2.44. The van der Waals surface area contributed by atoms with Gasteiger partial charge < -0.3 is 4.79 Å². The molecule has 0 aliphatic carbocycles. The third kappa shape index (κ3) is 4.43. The first-order chi connectivity index (χ1) is 13.4. The molecule has 1 aromatic heterocycles. The number of carbonyl (C=O) groups excluding carboxylic acids is 1. The van der Waals surface area contributed by atoms with E-state index in [0.717, 1.165) is 11.8 Å². The largest absolute Gasteiger partial charge is 0.417 e. The van der Waals surface area contributed by atoms with Crippen LogP contribution >= 0.6 is 11.8 Å². The van der Waals surface area contributed by atoms with E-state index in [0.29, 0.717) is 18.5 Å². The minimum atomic E-state index is -5.00. The van der Waals surface area contributed by atoms with E-state index in [-0.39, 0.29) is 23.0 Å². The van der Waals surface area contributed by atoms with Crippen molar-refractivity contribution in [3.63, 3.8) is 0 Å². The van der Waals surface area contributed by atoms with Crippen LogP contribution < -0.4 is 0 Å². The van der Waals surface area contributed by atoms with Crippen molar-refractivity contribution in [2.75, 3.05) is 5.75 Å². The molecule has 0 radical (unpaired) electrons. The zero-order valence-electron chi connectivity index (χ0n) is 14.6. The zero-order valence-corrected chi connectivity index (χ0v) is 15.4. The SMILES string of the molecule is CCSc1cc(C(F)(F)F)cnc1C1([N+](=O)[O-])C=C(C(F)(F)F)C=NC1CC=O. The predicted molar refractivity (Wildman–Crippen MR) is 91.4 cm³/mol. The van der Waals surface area contributed by atoms with E-state index in [2.05, 4.69) is 9.98 Å². The number of aliphatic imine (C=N–C) groups is 1. The van der Waals surface area contributed by atoms with Gasteiger partial charge in [0.2, 0.25) is 0 Å². The van der Waals surface area contributed by atoms with Crippen LogP contribution in [0.1, 0.15) is 24.6 Å². The molecule has 13 heteroatoms. The fourth-order valence-corrected chi connectivity index (χ4v) is 3.67. The predicted octanol–water partition coefficient (Wildman–Crippen LogP) is 4.22. The van der Waals surface area contributed by atoms with Crippen LogP contribution in [0.15, 0.2) is 33.8 Å². The third-order valence-electron chi connectivity index (χ3n) is 4.09. The molecule has 2 atom stereocenters. The van der Waals surface area contributed by atoms with Crippen LogP contribution in [0.5, 0.6) is 0 Å². The molecule has 0 saturated heterocycles. The van der Waals surface area contributed by atoms with Crippen LogP contribution in [-0.2, 0) is 16.5 Å². The van der Waals surface area contributed by atoms with E-state index < -0.39 is 52.1 Å². The van der Waals surface area contributed by atoms with Crippen molar-refractivity contribution < 1.29 is 36.1 Å². The summed E-state index contributed by atoms with van der Waals surface area (Å²) in [5.74, 6) is 0.168. The van der Waals surface area contributed by atoms with Gasteiger partial charge in [-0.15, -0.1) is 11.8 Å². The molecule has 0 fully saturated rings. The summed E-state index contributed by atoms with van der Waals surface area (Å²) in [6.07, 6.45) is -9.24. The maximum atomic E-state index is 13.2. The highest BCUT2D eigenvalue weighted by molar-refractivity contribution is 7.99. The van der Waals surface area contributed by atoms with Gasteiger partial charge in [-0.1, -0.05) is 6.92 Å². The van der Waals surface area contributed by atoms with Crippen LogP contribution in [0.4, 0.5) is 26.3 Å². The number of pyridine rings is 1. The van der Waals surface area contributed by atoms with Crippen molar-refractivity contribution in [3.8, 4) is 0 Å². The molecule has 0 bridgehead atoms. The van der Waals surface area contributed by atoms with E-state index in [1.165, 1.54) is 0 Å². The Hall–Kier alpha value is -2.44. The number of carbonyl (C=O) groups is 1. The Bertz CT molecular complexity index is 868. The average molecular weight is 441 g/mol. The molecule has 0 aromatic carbocycles. The molecule has 0 spiro atoms. The van der Waals surface area contributed by atoms with Crippen molar-refractivity contribution in [3.05, 3.63) is 45.3 Å². The van der Waals surface area contributed by atoms with Crippen molar-refractivity contribution in [2.45, 2.75) is 42.2 Å². The molecule has 6 nitrogen and oxygen atoms in total. The number of hydrogen-bond acceptors (Lipinski definition) is 6. The van der Waals surface area contributed by atoms with E-state index >= 15 is 0 Å². The van der Waals surface area contributed by atoms with Gasteiger partial charge in [0.05, 0.1) is 11.1 Å². The standard InChI is InChI=1S/C16H13F6N3O3S/c1-2-29-11-5-9(15(17,18)19)7-24-13(11)14(25(27)28)6-10(16(20,21)22)8-23-12(14)3-4-26/h4-8,12H,2-3H2,1H3. The highest BCUT2D eigenvalue weighted by Gasteiger charge is 2.57. The van der Waals surface area contributed by atoms with Gasteiger partial charge in [-0.2, -0.15) is 26.3 Å². The quantitative estimate of drug-likeness (QED) is 0.217. The second-order valence-corrected chi connectivity index (χ2v) is 7.18. The number of aldehydes is 1. The van der Waals surface area contributed by atoms with E-state index in [1.54, 1.807) is 6.92 Å². The summed E-state index contributed by atoms with van der Waals surface area (Å²) in [6, 6.07) is -1.01. The topological polar surface area (TPSA) is 85.5 Å². The number of hydrogen-bond donors (Lipinski definition) is 0. The molecule has 2 heterocycles. The Morgan fingerprint density at radius 3 is 2.41 bits per heavy atom. The Morgan fingerprint density at radius 2 is 1.93 bits per heavy atom. The molecule has 0 N–H and O–H groups in total. The van der Waals surface area contributed by atoms with Gasteiger partial charge in [0.1, 0.15) is 18.0 Å². The Kier molecular flexibility index (Phi) is 6.40. The maximum Gasteiger partial charge on any atom is 0.417 e. The first-order valence-electron chi connectivity index (χ1n) is 7.99. The fourth-order valence-electron chi connectivity index (χ4n) is 2.79. The molecule has 158 valence electrons. The summed E-state index contributed by atoms with van der Waals surface area (Å²) in [6.45, 7) is 1.55. The Balaban J connectivity index is 2.84. The van der Waals surface area contributed by atoms with Crippen LogP contribution in [-0.4, -0.2) is 40.4 Å². The minimum absolute atomic E-state index is 0.168. The van der Waals surface area contributed by atoms with E-state index in [1.807, 2.05) is 0 Å². The lowest BCUT2D eigenvalue weighted by Crippen LogP contribution is -2.48. The summed E-state index contributed by atoms with van der Waals surface area (Å²) in [4.78, 5) is 28.6. The Morgan fingerprint density at radius 1 is 1.28 bits per heavy atom. The molecule has 0 amide bonds. The van der Waals surface area contributed by atoms with Gasteiger partial charge in [-0.3, -0.25) is 20.1 Å². The van der Waals surface area contributed by atoms with Crippen molar-refractivity contribution in [1.82, 2.24) is 4.98 Å². The molecule has 2 rings (SSSR count). The minimum Gasteiger partial charge on any atom is -0.303 e. The van der Waals surface area contributed by atoms with Gasteiger partial charge in [-0.05, 0) is 11.8 Å². The lowest BCUT2D eigenvalue weighted by molar-refractivity contribution is -0.569. The van der Waals surface area contributed by atoms with Gasteiger partial charge >= 0.3 is 17.9 Å². The fraction of sp³-hybridized carbons (Fsp3) is 0.438. The number of alkyl halides is 6. The van der Waals surface area contributed by atoms with Crippen molar-refractivity contribution >= 4 is 24.3 Å². The van der Waals surface area contributed by atoms with Crippen LogP contribution in [0.25, 0.3) is 0 Å². The number of aromatic nitrogens is 1. The van der Waals surface area contributed by atoms with Crippen LogP contribution in [0, 0.1) is 10.1 Å². The summed E-state index contributed by atoms with van der Waals surface area (Å²) in [7, 11) is 0. The number of nitrogens with zero attached hydrogens (tertiary/aromatic N) is 3. The molecular weight excluding hydrogens is 428 g/mol. The van der Waals surface area contributed by atoms with E-state index in [4.69, 9.17) is 0 Å². The maximum absolute atomic E-state index is 13.2. The Labute approximate surface area is 164 Å². The van der Waals surface area contributed by atoms with Gasteiger partial charge in [0, 0.05) is 34.7 Å². The monoisotopic (exact) mass is 441 g/mol. The van der Waals surface area contributed by atoms with Crippen LogP contribution in [0.3, 0.4) is 0 Å². The van der Waals surface area contributed by atoms with Gasteiger partial charge in [-0.25, -0.2) is 0 Å². The first-order valence-corrected chi connectivity index (χ1v) is 8.98. The smallest absolute Gasteiger partial charge is 0.303 e. The molecule has 1 aliphatic rings. The summed E-state index contributed by atoms with van der Waals surface area (Å²) < 4.78 is 78.8. The molecular formula is C16H13F6N3O3S. The summed E-state index contributed by atoms with van der Waals surface area (Å²) >= 11 is 0.753.